The molecule has 0 fully saturated rings. The molecule has 0 saturated carbocycles. The number of benzene rings is 3. The summed E-state index contributed by atoms with van der Waals surface area (Å²) in [5.41, 5.74) is 6.41. The van der Waals surface area contributed by atoms with Gasteiger partial charge in [-0.3, -0.25) is 9.56 Å². The molecule has 184 valence electrons. The maximum atomic E-state index is 4.57. The first-order valence-corrected chi connectivity index (χ1v) is 12.1. The number of para-hydroxylation sites is 4. The molecule has 3 aliphatic heterocycles. The van der Waals surface area contributed by atoms with Crippen LogP contribution in [0.3, 0.4) is 0 Å². The minimum absolute atomic E-state index is 0. The smallest absolute Gasteiger partial charge is 0.504 e. The van der Waals surface area contributed by atoms with Gasteiger partial charge in [0.2, 0.25) is 0 Å². The standard InChI is InChI=1S/C17H10N4.C14H12N2.Ir/c1-2-6-13-11(4-1)10-14-15-12(5-3-7-18-15)16-17(21(13)14)20-9-8-19-16;1-15-11-16(12-7-3-2-4-8-12)14-10-6-5-9-13(14)15;/h1-9,14H;2-7,9-11H,1H3;/q;-2;+3. The normalized spacial score (nSPS) is 15.5. The fourth-order valence-corrected chi connectivity index (χ4v) is 5.11. The summed E-state index contributed by atoms with van der Waals surface area (Å²) in [6.07, 6.45) is 8.81. The fraction of sp³-hybridized carbons (Fsp3) is 0.0645. The molecule has 6 nitrogen and oxygen atoms in total. The van der Waals surface area contributed by atoms with Gasteiger partial charge in [0.15, 0.2) is 11.9 Å². The van der Waals surface area contributed by atoms with Crippen molar-refractivity contribution in [1.82, 2.24) is 19.5 Å². The van der Waals surface area contributed by atoms with E-state index >= 15 is 0 Å². The third-order valence-corrected chi connectivity index (χ3v) is 6.74. The van der Waals surface area contributed by atoms with Crippen molar-refractivity contribution in [3.63, 3.8) is 0 Å². The molecule has 0 spiro atoms. The molecule has 1 unspecified atom stereocenters. The molecule has 5 heterocycles. The van der Waals surface area contributed by atoms with Crippen molar-refractivity contribution in [2.24, 2.45) is 0 Å². The van der Waals surface area contributed by atoms with Crippen LogP contribution in [0.15, 0.2) is 104 Å². The number of nitrogens with zero attached hydrogens (tertiary/aromatic N) is 6. The molecule has 0 amide bonds. The van der Waals surface area contributed by atoms with Gasteiger partial charge in [-0.05, 0) is 36.3 Å². The molecule has 1 atom stereocenters. The molecule has 3 aliphatic rings. The SMILES string of the molecule is CN1[CH-]N(c2[c-]cccc2)c2ccccc21.[C-]1=c2ccccc2=[N+]2c3nccnc3-c3cccnc3C12.[Ir+3]. The minimum Gasteiger partial charge on any atom is -0.504 e. The Morgan fingerprint density at radius 1 is 0.816 bits per heavy atom. The molecule has 5 aromatic rings. The summed E-state index contributed by atoms with van der Waals surface area (Å²) in [6.45, 7) is 2.08. The molecule has 8 rings (SSSR count). The van der Waals surface area contributed by atoms with Crippen LogP contribution in [0.1, 0.15) is 11.7 Å². The number of anilines is 3. The van der Waals surface area contributed by atoms with Crippen LogP contribution in [0, 0.1) is 12.7 Å². The number of pyridine rings is 1. The first kappa shape index (κ1) is 24.2. The van der Waals surface area contributed by atoms with Gasteiger partial charge in [-0.25, -0.2) is 4.98 Å². The Kier molecular flexibility index (Phi) is 6.32. The summed E-state index contributed by atoms with van der Waals surface area (Å²) in [7, 11) is 2.06. The summed E-state index contributed by atoms with van der Waals surface area (Å²) in [6, 6.07) is 31.8. The van der Waals surface area contributed by atoms with E-state index < -0.39 is 0 Å². The van der Waals surface area contributed by atoms with E-state index in [1.165, 1.54) is 11.4 Å². The largest absolute Gasteiger partial charge is 3.00 e. The average Bonchev–Trinajstić information content (AvgIpc) is 3.53. The van der Waals surface area contributed by atoms with Crippen molar-refractivity contribution in [2.75, 3.05) is 16.8 Å². The van der Waals surface area contributed by atoms with Crippen LogP contribution in [0.2, 0.25) is 0 Å². The van der Waals surface area contributed by atoms with E-state index in [0.717, 1.165) is 39.0 Å². The van der Waals surface area contributed by atoms with Crippen LogP contribution in [-0.2, 0) is 20.1 Å². The first-order chi connectivity index (χ1) is 18.3. The van der Waals surface area contributed by atoms with Crippen LogP contribution in [-0.4, -0.2) is 22.0 Å². The zero-order chi connectivity index (χ0) is 24.8. The van der Waals surface area contributed by atoms with Crippen molar-refractivity contribution in [1.29, 1.82) is 0 Å². The van der Waals surface area contributed by atoms with Crippen molar-refractivity contribution in [2.45, 2.75) is 6.04 Å². The summed E-state index contributed by atoms with van der Waals surface area (Å²) in [5, 5.41) is 2.21. The predicted octanol–water partition coefficient (Wildman–Crippen LogP) is 4.28. The van der Waals surface area contributed by atoms with E-state index in [-0.39, 0.29) is 26.1 Å². The van der Waals surface area contributed by atoms with Gasteiger partial charge in [0.05, 0.1) is 11.9 Å². The molecule has 3 aromatic carbocycles. The Morgan fingerprint density at radius 3 is 2.47 bits per heavy atom. The molecule has 0 bridgehead atoms. The van der Waals surface area contributed by atoms with Gasteiger partial charge in [-0.1, -0.05) is 24.3 Å². The van der Waals surface area contributed by atoms with E-state index in [9.17, 15) is 0 Å². The molecule has 0 N–H and O–H groups in total. The number of fused-ring (bicyclic) bond motifs is 8. The molecule has 2 aromatic heterocycles. The zero-order valence-corrected chi connectivity index (χ0v) is 22.9. The second-order valence-electron chi connectivity index (χ2n) is 8.93. The number of aromatic nitrogens is 3. The van der Waals surface area contributed by atoms with E-state index in [4.69, 9.17) is 0 Å². The third-order valence-electron chi connectivity index (χ3n) is 6.74. The van der Waals surface area contributed by atoms with Gasteiger partial charge in [-0.2, -0.15) is 43.1 Å². The van der Waals surface area contributed by atoms with E-state index in [1.54, 1.807) is 12.4 Å². The van der Waals surface area contributed by atoms with Gasteiger partial charge in [0.25, 0.3) is 0 Å². The van der Waals surface area contributed by atoms with Gasteiger partial charge in [0, 0.05) is 28.5 Å². The van der Waals surface area contributed by atoms with Gasteiger partial charge < -0.3 is 9.80 Å². The molecule has 38 heavy (non-hydrogen) atoms. The van der Waals surface area contributed by atoms with E-state index in [1.807, 2.05) is 42.6 Å². The van der Waals surface area contributed by atoms with E-state index in [2.05, 4.69) is 104 Å². The Morgan fingerprint density at radius 2 is 1.61 bits per heavy atom. The maximum absolute atomic E-state index is 4.57. The maximum Gasteiger partial charge on any atom is 3.00 e. The van der Waals surface area contributed by atoms with Crippen LogP contribution in [0.25, 0.3) is 17.3 Å². The Labute approximate surface area is 234 Å². The van der Waals surface area contributed by atoms with Crippen molar-refractivity contribution >= 4 is 29.0 Å². The summed E-state index contributed by atoms with van der Waals surface area (Å²) in [4.78, 5) is 17.9. The molecule has 7 heteroatoms. The number of rotatable bonds is 1. The summed E-state index contributed by atoms with van der Waals surface area (Å²) < 4.78 is 2.17. The Hall–Kier alpha value is -4.19. The molecule has 0 radical (unpaired) electrons. The van der Waals surface area contributed by atoms with Gasteiger partial charge in [-0.15, -0.1) is 23.0 Å². The van der Waals surface area contributed by atoms with Crippen LogP contribution in [0.4, 0.5) is 22.9 Å². The monoisotopic (exact) mass is 671 g/mol. The predicted molar refractivity (Wildman–Crippen MR) is 145 cm³/mol. The molecule has 0 aliphatic carbocycles. The van der Waals surface area contributed by atoms with Crippen LogP contribution < -0.4 is 25.0 Å². The Bertz CT molecular complexity index is 1750. The number of hydrogen-bond donors (Lipinski definition) is 0. The average molecular weight is 671 g/mol. The summed E-state index contributed by atoms with van der Waals surface area (Å²) >= 11 is 0. The second-order valence-corrected chi connectivity index (χ2v) is 8.93. The quantitative estimate of drug-likeness (QED) is 0.197. The second kappa shape index (κ2) is 9.93. The van der Waals surface area contributed by atoms with Crippen molar-refractivity contribution < 1.29 is 20.1 Å². The fourth-order valence-electron chi connectivity index (χ4n) is 5.11. The van der Waals surface area contributed by atoms with Crippen molar-refractivity contribution in [3.05, 3.63) is 133 Å². The topological polar surface area (TPSA) is 48.2 Å². The third kappa shape index (κ3) is 3.92. The van der Waals surface area contributed by atoms with Crippen LogP contribution >= 0.6 is 0 Å². The van der Waals surface area contributed by atoms with Gasteiger partial charge in [0.1, 0.15) is 6.04 Å². The van der Waals surface area contributed by atoms with Gasteiger partial charge >= 0.3 is 25.9 Å². The summed E-state index contributed by atoms with van der Waals surface area (Å²) in [5.74, 6) is 0.875. The molecular formula is C31H22IrN6+. The van der Waals surface area contributed by atoms with E-state index in [0.29, 0.717) is 0 Å². The zero-order valence-electron chi connectivity index (χ0n) is 20.5. The Balaban J connectivity index is 0.000000141. The van der Waals surface area contributed by atoms with Crippen LogP contribution in [0.5, 0.6) is 0 Å². The molecule has 0 saturated heterocycles. The molecular weight excluding hydrogens is 649 g/mol. The number of hydrogen-bond acceptors (Lipinski definition) is 5. The minimum atomic E-state index is -0.0252. The van der Waals surface area contributed by atoms with Crippen molar-refractivity contribution in [3.8, 4) is 11.3 Å². The first-order valence-electron chi connectivity index (χ1n) is 12.1.